The number of fused-ring (bicyclic) bond motifs is 1. The van der Waals surface area contributed by atoms with Gasteiger partial charge >= 0.3 is 0 Å². The third-order valence-corrected chi connectivity index (χ3v) is 5.26. The molecule has 1 saturated carbocycles. The molecule has 0 radical (unpaired) electrons. The first-order valence-electron chi connectivity index (χ1n) is 10.2. The van der Waals surface area contributed by atoms with Crippen molar-refractivity contribution in [1.82, 2.24) is 25.1 Å². The molecular weight excluding hydrogens is 378 g/mol. The number of aryl methyl sites for hydroxylation is 2. The van der Waals surface area contributed by atoms with Crippen LogP contribution in [0.4, 0.5) is 11.5 Å². The Labute approximate surface area is 175 Å². The van der Waals surface area contributed by atoms with Gasteiger partial charge in [-0.25, -0.2) is 4.98 Å². The molecule has 3 aromatic rings. The monoisotopic (exact) mass is 403 g/mol. The van der Waals surface area contributed by atoms with Crippen LogP contribution < -0.4 is 15.5 Å². The lowest BCUT2D eigenvalue weighted by molar-refractivity contribution is -0.120. The average Bonchev–Trinajstić information content (AvgIpc) is 3.29. The molecule has 8 nitrogen and oxygen atoms in total. The highest BCUT2D eigenvalue weighted by molar-refractivity contribution is 5.79. The van der Waals surface area contributed by atoms with Gasteiger partial charge in [0.2, 0.25) is 5.91 Å². The number of aromatic nitrogens is 4. The Hall–Kier alpha value is -3.55. The molecule has 0 spiro atoms. The molecule has 5 rings (SSSR count). The third-order valence-electron chi connectivity index (χ3n) is 5.26. The van der Waals surface area contributed by atoms with Crippen LogP contribution in [0, 0.1) is 13.8 Å². The van der Waals surface area contributed by atoms with Crippen molar-refractivity contribution in [3.8, 4) is 0 Å². The number of anilines is 2. The smallest absolute Gasteiger partial charge is 0.224 e. The fourth-order valence-corrected chi connectivity index (χ4v) is 3.68. The first kappa shape index (κ1) is 18.5. The maximum atomic E-state index is 12.2. The van der Waals surface area contributed by atoms with Crippen molar-refractivity contribution in [3.05, 3.63) is 65.5 Å². The lowest BCUT2D eigenvalue weighted by Gasteiger charge is -2.28. The van der Waals surface area contributed by atoms with Gasteiger partial charge in [-0.2, -0.15) is 5.10 Å². The summed E-state index contributed by atoms with van der Waals surface area (Å²) in [4.78, 5) is 19.0. The van der Waals surface area contributed by atoms with Crippen molar-refractivity contribution >= 4 is 23.2 Å². The minimum Gasteiger partial charge on any atom is -0.353 e. The molecule has 0 unspecified atom stereocenters. The van der Waals surface area contributed by atoms with Crippen LogP contribution in [0.5, 0.6) is 0 Å². The summed E-state index contributed by atoms with van der Waals surface area (Å²) in [6.45, 7) is 4.61. The summed E-state index contributed by atoms with van der Waals surface area (Å²) in [5, 5.41) is 13.7. The van der Waals surface area contributed by atoms with Gasteiger partial charge in [0.05, 0.1) is 18.7 Å². The van der Waals surface area contributed by atoms with Crippen molar-refractivity contribution in [1.29, 1.82) is 0 Å². The Kier molecular flexibility index (Phi) is 4.54. The van der Waals surface area contributed by atoms with E-state index in [1.165, 1.54) is 0 Å². The molecule has 30 heavy (non-hydrogen) atoms. The van der Waals surface area contributed by atoms with E-state index in [0.717, 1.165) is 52.9 Å². The molecule has 0 saturated heterocycles. The van der Waals surface area contributed by atoms with Gasteiger partial charge < -0.3 is 15.5 Å². The molecule has 1 aromatic carbocycles. The van der Waals surface area contributed by atoms with Crippen LogP contribution in [0.2, 0.25) is 0 Å². The van der Waals surface area contributed by atoms with Crippen LogP contribution in [-0.2, 0) is 17.8 Å². The van der Waals surface area contributed by atoms with Crippen molar-refractivity contribution < 1.29 is 4.79 Å². The average molecular weight is 403 g/mol. The summed E-state index contributed by atoms with van der Waals surface area (Å²) in [7, 11) is 0. The van der Waals surface area contributed by atoms with Crippen LogP contribution in [0.15, 0.2) is 42.7 Å². The summed E-state index contributed by atoms with van der Waals surface area (Å²) in [6.07, 6.45) is 6.67. The second kappa shape index (κ2) is 7.37. The van der Waals surface area contributed by atoms with Crippen LogP contribution >= 0.6 is 0 Å². The van der Waals surface area contributed by atoms with Crippen LogP contribution in [0.1, 0.15) is 35.6 Å². The molecule has 0 bridgehead atoms. The molecule has 1 amide bonds. The van der Waals surface area contributed by atoms with Crippen LogP contribution in [0.3, 0.4) is 0 Å². The summed E-state index contributed by atoms with van der Waals surface area (Å²) >= 11 is 0. The normalized spacial score (nSPS) is 15.5. The van der Waals surface area contributed by atoms with E-state index in [9.17, 15) is 4.79 Å². The molecule has 154 valence electrons. The van der Waals surface area contributed by atoms with E-state index in [1.54, 1.807) is 0 Å². The third kappa shape index (κ3) is 3.94. The number of H-pyrrole nitrogens is 1. The molecule has 3 N–H and O–H groups in total. The zero-order chi connectivity index (χ0) is 20.7. The standard InChI is InChI=1S/C22H25N7O/c1-14-8-19(27-26-14)25-21-13-28(12-20-23-15(2)11-29(20)21)18-5-3-4-16(9-18)10-22(30)24-17-6-7-17/h3-5,8-9,11,13,17H,6-7,10,12H2,1-2H3,(H,24,30)(H2,25,26,27). The number of carbonyl (C=O) groups excluding carboxylic acids is 1. The Morgan fingerprint density at radius 3 is 2.90 bits per heavy atom. The van der Waals surface area contributed by atoms with Gasteiger partial charge in [-0.1, -0.05) is 12.1 Å². The van der Waals surface area contributed by atoms with E-state index in [2.05, 4.69) is 53.6 Å². The number of carbonyl (C=O) groups is 1. The van der Waals surface area contributed by atoms with E-state index >= 15 is 0 Å². The Bertz CT molecular complexity index is 1120. The highest BCUT2D eigenvalue weighted by Gasteiger charge is 2.24. The van der Waals surface area contributed by atoms with Gasteiger partial charge in [-0.05, 0) is 44.4 Å². The summed E-state index contributed by atoms with van der Waals surface area (Å²) in [5.74, 6) is 2.66. The predicted octanol–water partition coefficient (Wildman–Crippen LogP) is 2.93. The number of imidazole rings is 1. The number of rotatable bonds is 6. The van der Waals surface area contributed by atoms with Crippen molar-refractivity contribution in [2.45, 2.75) is 45.7 Å². The van der Waals surface area contributed by atoms with Crippen LogP contribution in [0.25, 0.3) is 5.82 Å². The first-order valence-corrected chi connectivity index (χ1v) is 10.2. The minimum atomic E-state index is 0.0891. The van der Waals surface area contributed by atoms with Gasteiger partial charge in [0, 0.05) is 35.9 Å². The largest absolute Gasteiger partial charge is 0.353 e. The van der Waals surface area contributed by atoms with E-state index in [0.29, 0.717) is 19.0 Å². The number of nitrogens with zero attached hydrogens (tertiary/aromatic N) is 4. The first-order chi connectivity index (χ1) is 14.5. The molecule has 2 aliphatic rings. The lowest BCUT2D eigenvalue weighted by Crippen LogP contribution is -2.28. The zero-order valence-corrected chi connectivity index (χ0v) is 17.1. The maximum Gasteiger partial charge on any atom is 0.224 e. The molecule has 3 heterocycles. The second-order valence-electron chi connectivity index (χ2n) is 8.06. The Morgan fingerprint density at radius 2 is 2.13 bits per heavy atom. The number of hydrogen-bond acceptors (Lipinski definition) is 5. The van der Waals surface area contributed by atoms with E-state index < -0.39 is 0 Å². The van der Waals surface area contributed by atoms with Gasteiger partial charge in [0.15, 0.2) is 5.82 Å². The molecule has 2 aromatic heterocycles. The number of nitrogens with one attached hydrogen (secondary N) is 3. The fourth-order valence-electron chi connectivity index (χ4n) is 3.68. The molecule has 1 aliphatic heterocycles. The van der Waals surface area contributed by atoms with Gasteiger partial charge in [-0.3, -0.25) is 14.5 Å². The van der Waals surface area contributed by atoms with Crippen molar-refractivity contribution in [3.63, 3.8) is 0 Å². The summed E-state index contributed by atoms with van der Waals surface area (Å²) < 4.78 is 2.06. The van der Waals surface area contributed by atoms with E-state index in [4.69, 9.17) is 0 Å². The Morgan fingerprint density at radius 1 is 1.27 bits per heavy atom. The highest BCUT2D eigenvalue weighted by Crippen LogP contribution is 2.27. The molecular formula is C22H25N7O. The van der Waals surface area contributed by atoms with Gasteiger partial charge in [0.1, 0.15) is 11.6 Å². The quantitative estimate of drug-likeness (QED) is 0.589. The van der Waals surface area contributed by atoms with Crippen LogP contribution in [-0.4, -0.2) is 31.7 Å². The predicted molar refractivity (Wildman–Crippen MR) is 116 cm³/mol. The topological polar surface area (TPSA) is 90.9 Å². The zero-order valence-electron chi connectivity index (χ0n) is 17.1. The molecule has 1 fully saturated rings. The summed E-state index contributed by atoms with van der Waals surface area (Å²) in [6, 6.07) is 10.5. The number of aromatic amines is 1. The van der Waals surface area contributed by atoms with Crippen molar-refractivity contribution in [2.24, 2.45) is 0 Å². The minimum absolute atomic E-state index is 0.0891. The molecule has 1 aliphatic carbocycles. The number of amides is 1. The van der Waals surface area contributed by atoms with E-state index in [1.807, 2.05) is 38.2 Å². The number of hydrogen-bond donors (Lipinski definition) is 3. The fraction of sp³-hybridized carbons (Fsp3) is 0.318. The van der Waals surface area contributed by atoms with Gasteiger partial charge in [0.25, 0.3) is 0 Å². The maximum absolute atomic E-state index is 12.2. The molecule has 0 atom stereocenters. The Balaban J connectivity index is 1.41. The van der Waals surface area contributed by atoms with Crippen molar-refractivity contribution in [2.75, 3.05) is 10.2 Å². The van der Waals surface area contributed by atoms with Gasteiger partial charge in [-0.15, -0.1) is 0 Å². The van der Waals surface area contributed by atoms with E-state index in [-0.39, 0.29) is 5.91 Å². The number of benzene rings is 1. The summed E-state index contributed by atoms with van der Waals surface area (Å²) in [5.41, 5.74) is 3.98. The second-order valence-corrected chi connectivity index (χ2v) is 8.06. The molecule has 8 heteroatoms. The highest BCUT2D eigenvalue weighted by atomic mass is 16.1. The lowest BCUT2D eigenvalue weighted by atomic mass is 10.1. The SMILES string of the molecule is Cc1cn2c(n1)CN(c1cccc(CC(=O)NC3CC3)c1)C=C2Nc1cc(C)[nH]n1.